The number of phenolic OH excluding ortho intramolecular Hbond substituents is 2. The maximum atomic E-state index is 11.5. The average molecular weight is 257 g/mol. The van der Waals surface area contributed by atoms with E-state index in [1.165, 1.54) is 0 Å². The lowest BCUT2D eigenvalue weighted by atomic mass is 9.85. The number of carbonyl (C=O) groups is 3. The molecule has 0 fully saturated rings. The van der Waals surface area contributed by atoms with Gasteiger partial charge in [-0.2, -0.15) is 0 Å². The Balaban J connectivity index is 2.87. The molecule has 0 heterocycles. The summed E-state index contributed by atoms with van der Waals surface area (Å²) in [5.41, 5.74) is -1.26. The Kier molecular flexibility index (Phi) is 2.41. The summed E-state index contributed by atoms with van der Waals surface area (Å²) in [7, 11) is 0. The van der Waals surface area contributed by atoms with Gasteiger partial charge in [-0.3, -0.25) is 14.4 Å². The normalized spacial score (nSPS) is 19.4. The van der Waals surface area contributed by atoms with Gasteiger partial charge in [0.05, 0.1) is 16.1 Å². The Morgan fingerprint density at radius 3 is 2.24 bits per heavy atom. The van der Waals surface area contributed by atoms with Crippen LogP contribution in [0.15, 0.2) is 6.07 Å². The maximum absolute atomic E-state index is 11.5. The predicted octanol–water partition coefficient (Wildman–Crippen LogP) is 0.0602. The summed E-state index contributed by atoms with van der Waals surface area (Å²) in [5.74, 6) is -5.19. The third-order valence-corrected chi connectivity index (χ3v) is 2.71. The van der Waals surface area contributed by atoms with Crippen molar-refractivity contribution in [2.75, 3.05) is 0 Å². The van der Waals surface area contributed by atoms with Crippen LogP contribution in [0.5, 0.6) is 11.5 Å². The van der Waals surface area contributed by atoms with Gasteiger partial charge in [-0.05, 0) is 0 Å². The standard InChI is InChI=1S/C10H5ClO6/c11-2-1-3(12)4-5(6(2)13)8(15)10(17)9(16)7(4)14/h1,10,12-13,17H/t10-/m1/s1. The summed E-state index contributed by atoms with van der Waals surface area (Å²) >= 11 is 5.51. The van der Waals surface area contributed by atoms with Crippen molar-refractivity contribution < 1.29 is 29.7 Å². The molecule has 17 heavy (non-hydrogen) atoms. The molecule has 0 saturated heterocycles. The van der Waals surface area contributed by atoms with Gasteiger partial charge in [-0.15, -0.1) is 0 Å². The van der Waals surface area contributed by atoms with E-state index in [0.29, 0.717) is 0 Å². The molecule has 1 aliphatic rings. The molecule has 88 valence electrons. The van der Waals surface area contributed by atoms with Gasteiger partial charge < -0.3 is 15.3 Å². The van der Waals surface area contributed by atoms with Crippen molar-refractivity contribution >= 4 is 29.0 Å². The number of rotatable bonds is 0. The second-order valence-electron chi connectivity index (χ2n) is 3.44. The first-order chi connectivity index (χ1) is 7.86. The molecule has 2 rings (SSSR count). The first-order valence-electron chi connectivity index (χ1n) is 4.41. The average Bonchev–Trinajstić information content (AvgIpc) is 2.28. The third-order valence-electron chi connectivity index (χ3n) is 2.43. The fourth-order valence-electron chi connectivity index (χ4n) is 1.60. The van der Waals surface area contributed by atoms with E-state index in [1.807, 2.05) is 0 Å². The Morgan fingerprint density at radius 2 is 1.65 bits per heavy atom. The number of hydrogen-bond acceptors (Lipinski definition) is 6. The molecule has 1 atom stereocenters. The second kappa shape index (κ2) is 3.54. The third kappa shape index (κ3) is 1.42. The number of hydrogen-bond donors (Lipinski definition) is 3. The lowest BCUT2D eigenvalue weighted by molar-refractivity contribution is -0.120. The van der Waals surface area contributed by atoms with E-state index in [9.17, 15) is 29.7 Å². The summed E-state index contributed by atoms with van der Waals surface area (Å²) in [4.78, 5) is 34.2. The summed E-state index contributed by atoms with van der Waals surface area (Å²) < 4.78 is 0. The Labute approximate surface area is 99.1 Å². The number of Topliss-reactive ketones (excluding diaryl/α,β-unsaturated/α-hetero) is 3. The van der Waals surface area contributed by atoms with Gasteiger partial charge in [-0.25, -0.2) is 0 Å². The van der Waals surface area contributed by atoms with Crippen molar-refractivity contribution in [2.24, 2.45) is 0 Å². The number of fused-ring (bicyclic) bond motifs is 1. The minimum atomic E-state index is -2.17. The number of ketones is 3. The van der Waals surface area contributed by atoms with Gasteiger partial charge in [0.25, 0.3) is 0 Å². The Hall–Kier alpha value is -1.92. The molecular weight excluding hydrogens is 252 g/mol. The second-order valence-corrected chi connectivity index (χ2v) is 3.84. The minimum Gasteiger partial charge on any atom is -0.507 e. The van der Waals surface area contributed by atoms with Crippen LogP contribution in [0, 0.1) is 0 Å². The monoisotopic (exact) mass is 256 g/mol. The number of aliphatic hydroxyl groups is 1. The van der Waals surface area contributed by atoms with Crippen LogP contribution >= 0.6 is 11.6 Å². The van der Waals surface area contributed by atoms with Crippen LogP contribution in [0.1, 0.15) is 20.7 Å². The van der Waals surface area contributed by atoms with Crippen molar-refractivity contribution in [1.82, 2.24) is 0 Å². The van der Waals surface area contributed by atoms with Crippen LogP contribution in [-0.2, 0) is 4.79 Å². The van der Waals surface area contributed by atoms with E-state index in [0.717, 1.165) is 6.07 Å². The topological polar surface area (TPSA) is 112 Å². The van der Waals surface area contributed by atoms with Crippen LogP contribution < -0.4 is 0 Å². The Bertz CT molecular complexity index is 577. The van der Waals surface area contributed by atoms with Crippen molar-refractivity contribution in [1.29, 1.82) is 0 Å². The van der Waals surface area contributed by atoms with Crippen molar-refractivity contribution in [3.05, 3.63) is 22.2 Å². The van der Waals surface area contributed by atoms with E-state index in [-0.39, 0.29) is 5.02 Å². The number of aromatic hydroxyl groups is 2. The van der Waals surface area contributed by atoms with Crippen LogP contribution in [0.2, 0.25) is 5.02 Å². The summed E-state index contributed by atoms with van der Waals surface area (Å²) in [6, 6.07) is 0.839. The van der Waals surface area contributed by atoms with Gasteiger partial charge >= 0.3 is 0 Å². The zero-order valence-corrected chi connectivity index (χ0v) is 8.85. The number of phenols is 2. The maximum Gasteiger partial charge on any atom is 0.239 e. The van der Waals surface area contributed by atoms with Gasteiger partial charge in [0.1, 0.15) is 11.5 Å². The summed E-state index contributed by atoms with van der Waals surface area (Å²) in [5, 5.41) is 27.8. The molecule has 0 radical (unpaired) electrons. The van der Waals surface area contributed by atoms with Gasteiger partial charge in [0, 0.05) is 6.07 Å². The SMILES string of the molecule is O=C1C(=O)[C@H](O)C(=O)c2c(O)c(Cl)cc(O)c21. The highest BCUT2D eigenvalue weighted by Crippen LogP contribution is 2.39. The van der Waals surface area contributed by atoms with Gasteiger partial charge in [0.15, 0.2) is 6.10 Å². The summed E-state index contributed by atoms with van der Waals surface area (Å²) in [6.45, 7) is 0. The number of benzene rings is 1. The van der Waals surface area contributed by atoms with Gasteiger partial charge in [0.2, 0.25) is 17.3 Å². The van der Waals surface area contributed by atoms with E-state index in [1.54, 1.807) is 0 Å². The lowest BCUT2D eigenvalue weighted by Crippen LogP contribution is -2.41. The molecule has 7 heteroatoms. The number of aliphatic hydroxyl groups excluding tert-OH is 1. The van der Waals surface area contributed by atoms with Crippen molar-refractivity contribution in [3.8, 4) is 11.5 Å². The molecule has 3 N–H and O–H groups in total. The molecule has 1 aliphatic carbocycles. The van der Waals surface area contributed by atoms with Gasteiger partial charge in [-0.1, -0.05) is 11.6 Å². The molecule has 0 bridgehead atoms. The van der Waals surface area contributed by atoms with Crippen LogP contribution in [0.25, 0.3) is 0 Å². The molecule has 1 aromatic carbocycles. The first kappa shape index (κ1) is 11.6. The van der Waals surface area contributed by atoms with Crippen LogP contribution in [0.4, 0.5) is 0 Å². The lowest BCUT2D eigenvalue weighted by Gasteiger charge is -2.19. The molecule has 0 aromatic heterocycles. The predicted molar refractivity (Wildman–Crippen MR) is 54.5 cm³/mol. The van der Waals surface area contributed by atoms with E-state index in [4.69, 9.17) is 11.6 Å². The highest BCUT2D eigenvalue weighted by Gasteiger charge is 2.43. The smallest absolute Gasteiger partial charge is 0.239 e. The van der Waals surface area contributed by atoms with Crippen LogP contribution in [-0.4, -0.2) is 38.8 Å². The van der Waals surface area contributed by atoms with E-state index < -0.39 is 46.1 Å². The summed E-state index contributed by atoms with van der Waals surface area (Å²) in [6.07, 6.45) is -2.17. The number of carbonyl (C=O) groups excluding carboxylic acids is 3. The quantitative estimate of drug-likeness (QED) is 0.344. The van der Waals surface area contributed by atoms with E-state index in [2.05, 4.69) is 0 Å². The zero-order chi connectivity index (χ0) is 12.9. The molecule has 0 aliphatic heterocycles. The molecule has 0 saturated carbocycles. The zero-order valence-electron chi connectivity index (χ0n) is 8.10. The van der Waals surface area contributed by atoms with Crippen molar-refractivity contribution in [3.63, 3.8) is 0 Å². The highest BCUT2D eigenvalue weighted by molar-refractivity contribution is 6.54. The molecular formula is C10H5ClO6. The largest absolute Gasteiger partial charge is 0.507 e. The highest BCUT2D eigenvalue weighted by atomic mass is 35.5. The fraction of sp³-hybridized carbons (Fsp3) is 0.100. The number of halogens is 1. The fourth-order valence-corrected chi connectivity index (χ4v) is 1.80. The first-order valence-corrected chi connectivity index (χ1v) is 4.79. The minimum absolute atomic E-state index is 0.357. The molecule has 0 amide bonds. The molecule has 0 unspecified atom stereocenters. The Morgan fingerprint density at radius 1 is 1.06 bits per heavy atom. The van der Waals surface area contributed by atoms with Crippen LogP contribution in [0.3, 0.4) is 0 Å². The molecule has 0 spiro atoms. The van der Waals surface area contributed by atoms with Crippen molar-refractivity contribution in [2.45, 2.75) is 6.10 Å². The molecule has 6 nitrogen and oxygen atoms in total. The molecule has 1 aromatic rings. The van der Waals surface area contributed by atoms with E-state index >= 15 is 0 Å².